The Kier molecular flexibility index (Phi) is 12.6. The number of rotatable bonds is 13. The number of Topliss-reactive ketones (excluding diaryl/α,β-unsaturated/α-hetero) is 1. The fraction of sp³-hybridized carbons (Fsp3) is 0.577. The summed E-state index contributed by atoms with van der Waals surface area (Å²) >= 11 is 2.76. The maximum Gasteiger partial charge on any atom is 0.328 e. The molecule has 1 aromatic rings. The Morgan fingerprint density at radius 2 is 1.53 bits per heavy atom. The summed E-state index contributed by atoms with van der Waals surface area (Å²) in [7, 11) is 1.25. The van der Waals surface area contributed by atoms with Crippen molar-refractivity contribution in [2.75, 3.05) is 18.6 Å². The zero-order valence-corrected chi connectivity index (χ0v) is 23.7. The lowest BCUT2D eigenvalue weighted by molar-refractivity contribution is -0.149. The number of ketones is 1. The molecule has 0 heterocycles. The molecule has 2 rings (SSSR count). The Bertz CT molecular complexity index is 977. The summed E-state index contributed by atoms with van der Waals surface area (Å²) in [5, 5.41) is 16.4. The van der Waals surface area contributed by atoms with Gasteiger partial charge < -0.3 is 25.2 Å². The van der Waals surface area contributed by atoms with Crippen LogP contribution in [0.2, 0.25) is 0 Å². The van der Waals surface area contributed by atoms with E-state index in [9.17, 15) is 29.1 Å². The van der Waals surface area contributed by atoms with Crippen LogP contribution in [-0.2, 0) is 39.0 Å². The molecule has 0 aliphatic heterocycles. The molecule has 1 aliphatic carbocycles. The molecule has 0 saturated heterocycles. The van der Waals surface area contributed by atoms with Gasteiger partial charge in [0, 0.05) is 50.5 Å². The van der Waals surface area contributed by atoms with Gasteiger partial charge >= 0.3 is 11.9 Å². The third kappa shape index (κ3) is 9.32. The lowest BCUT2D eigenvalue weighted by atomic mass is 9.78. The van der Waals surface area contributed by atoms with Crippen LogP contribution in [-0.4, -0.2) is 76.0 Å². The highest BCUT2D eigenvalue weighted by molar-refractivity contribution is 8.01. The van der Waals surface area contributed by atoms with E-state index < -0.39 is 40.3 Å². The number of carbonyl (C=O) groups is 5. The lowest BCUT2D eigenvalue weighted by Crippen LogP contribution is -2.52. The summed E-state index contributed by atoms with van der Waals surface area (Å²) in [5.41, 5.74) is -0.697. The molecule has 3 N–H and O–H groups in total. The Morgan fingerprint density at radius 3 is 2.03 bits per heavy atom. The zero-order valence-electron chi connectivity index (χ0n) is 22.1. The molecule has 38 heavy (non-hydrogen) atoms. The van der Waals surface area contributed by atoms with Crippen LogP contribution in [0.3, 0.4) is 0 Å². The summed E-state index contributed by atoms with van der Waals surface area (Å²) in [6.07, 6.45) is 0.0656. The van der Waals surface area contributed by atoms with E-state index in [1.165, 1.54) is 51.4 Å². The number of esters is 2. The maximum atomic E-state index is 12.8. The van der Waals surface area contributed by atoms with Crippen LogP contribution in [0.5, 0.6) is 0 Å². The van der Waals surface area contributed by atoms with E-state index in [1.54, 1.807) is 0 Å². The highest BCUT2D eigenvalue weighted by Crippen LogP contribution is 2.47. The van der Waals surface area contributed by atoms with Gasteiger partial charge in [-0.3, -0.25) is 19.2 Å². The molecule has 0 radical (unpaired) electrons. The van der Waals surface area contributed by atoms with Crippen molar-refractivity contribution in [3.8, 4) is 0 Å². The van der Waals surface area contributed by atoms with E-state index in [0.29, 0.717) is 23.5 Å². The number of benzene rings is 1. The number of hydrogen-bond acceptors (Lipinski definition) is 10. The van der Waals surface area contributed by atoms with E-state index in [2.05, 4.69) is 10.6 Å². The number of aliphatic hydroxyl groups is 1. The Morgan fingerprint density at radius 1 is 0.974 bits per heavy atom. The maximum absolute atomic E-state index is 12.8. The average Bonchev–Trinajstić information content (AvgIpc) is 2.84. The number of nitrogens with one attached hydrogen (secondary N) is 2. The van der Waals surface area contributed by atoms with Crippen molar-refractivity contribution in [2.24, 2.45) is 0 Å². The van der Waals surface area contributed by atoms with Crippen LogP contribution >= 0.6 is 23.5 Å². The van der Waals surface area contributed by atoms with Gasteiger partial charge in [0.1, 0.15) is 17.4 Å². The van der Waals surface area contributed by atoms with Crippen LogP contribution in [0.4, 0.5) is 0 Å². The van der Waals surface area contributed by atoms with Crippen molar-refractivity contribution in [2.45, 2.75) is 74.8 Å². The minimum Gasteiger partial charge on any atom is -0.467 e. The molecule has 5 unspecified atom stereocenters. The number of amides is 2. The van der Waals surface area contributed by atoms with Crippen molar-refractivity contribution >= 4 is 53.1 Å². The molecule has 1 saturated carbocycles. The Balaban J connectivity index is 2.21. The third-order valence-electron chi connectivity index (χ3n) is 6.00. The van der Waals surface area contributed by atoms with E-state index in [0.717, 1.165) is 0 Å². The molecule has 0 spiro atoms. The van der Waals surface area contributed by atoms with Gasteiger partial charge in [-0.05, 0) is 23.5 Å². The van der Waals surface area contributed by atoms with Gasteiger partial charge in [-0.15, -0.1) is 0 Å². The highest BCUT2D eigenvalue weighted by atomic mass is 32.2. The van der Waals surface area contributed by atoms with E-state index in [-0.39, 0.29) is 36.9 Å². The van der Waals surface area contributed by atoms with Crippen LogP contribution in [0.25, 0.3) is 0 Å². The van der Waals surface area contributed by atoms with Crippen molar-refractivity contribution < 1.29 is 38.6 Å². The summed E-state index contributed by atoms with van der Waals surface area (Å²) < 4.78 is 9.96. The molecule has 2 amide bonds. The van der Waals surface area contributed by atoms with Gasteiger partial charge in [-0.2, -0.15) is 23.5 Å². The highest BCUT2D eigenvalue weighted by Gasteiger charge is 2.50. The quantitative estimate of drug-likeness (QED) is 0.238. The molecule has 1 fully saturated rings. The topological polar surface area (TPSA) is 148 Å². The predicted molar refractivity (Wildman–Crippen MR) is 145 cm³/mol. The van der Waals surface area contributed by atoms with Gasteiger partial charge in [-0.1, -0.05) is 30.3 Å². The van der Waals surface area contributed by atoms with Crippen LogP contribution in [0.15, 0.2) is 30.3 Å². The Labute approximate surface area is 231 Å². The average molecular weight is 569 g/mol. The summed E-state index contributed by atoms with van der Waals surface area (Å²) in [4.78, 5) is 59.3. The van der Waals surface area contributed by atoms with Crippen molar-refractivity contribution in [1.82, 2.24) is 10.6 Å². The molecule has 0 bridgehead atoms. The van der Waals surface area contributed by atoms with Crippen LogP contribution < -0.4 is 10.6 Å². The number of thioether (sulfide) groups is 2. The molecule has 1 aliphatic rings. The largest absolute Gasteiger partial charge is 0.467 e. The Hall–Kier alpha value is -2.57. The first-order chi connectivity index (χ1) is 18.0. The molecule has 12 heteroatoms. The zero-order chi connectivity index (χ0) is 28.3. The molecule has 210 valence electrons. The standard InChI is InChI=1S/C26H36N2O8S2/c1-16(29)27-21(25(33)35-4)10-12-37-22-14-20(32)15-23(26(22,34)19-8-6-5-7-9-19)38-13-11-24(28-17(2)30)36-18(3)31/h5-9,21-24,34H,10-15H2,1-4H3,(H,27,29)(H,28,30). The van der Waals surface area contributed by atoms with Crippen molar-refractivity contribution in [3.63, 3.8) is 0 Å². The SMILES string of the molecule is COC(=O)C(CCSC1CC(=O)CC(SCCC(NC(C)=O)OC(C)=O)C1(O)c1ccccc1)NC(C)=O. The molecular weight excluding hydrogens is 532 g/mol. The minimum absolute atomic E-state index is 0.00498. The second-order valence-corrected chi connectivity index (χ2v) is 11.6. The molecular formula is C26H36N2O8S2. The first-order valence-corrected chi connectivity index (χ1v) is 14.4. The molecule has 0 aromatic heterocycles. The summed E-state index contributed by atoms with van der Waals surface area (Å²) in [5.74, 6) is -0.975. The second kappa shape index (κ2) is 15.1. The number of hydrogen-bond donors (Lipinski definition) is 3. The number of methoxy groups -OCH3 is 1. The van der Waals surface area contributed by atoms with Gasteiger partial charge in [0.2, 0.25) is 11.8 Å². The van der Waals surface area contributed by atoms with E-state index in [4.69, 9.17) is 9.47 Å². The number of carbonyl (C=O) groups excluding carboxylic acids is 5. The fourth-order valence-electron chi connectivity index (χ4n) is 4.33. The van der Waals surface area contributed by atoms with Gasteiger partial charge in [0.15, 0.2) is 6.23 Å². The van der Waals surface area contributed by atoms with Crippen molar-refractivity contribution in [3.05, 3.63) is 35.9 Å². The van der Waals surface area contributed by atoms with Crippen LogP contribution in [0.1, 0.15) is 52.0 Å². The summed E-state index contributed by atoms with van der Waals surface area (Å²) in [6, 6.07) is 8.31. The molecule has 1 aromatic carbocycles. The lowest BCUT2D eigenvalue weighted by Gasteiger charge is -2.45. The first-order valence-electron chi connectivity index (χ1n) is 12.3. The minimum atomic E-state index is -1.37. The molecule has 10 nitrogen and oxygen atoms in total. The smallest absolute Gasteiger partial charge is 0.328 e. The molecule has 5 atom stereocenters. The van der Waals surface area contributed by atoms with Crippen molar-refractivity contribution in [1.29, 1.82) is 0 Å². The normalized spacial score (nSPS) is 22.6. The van der Waals surface area contributed by atoms with Gasteiger partial charge in [0.05, 0.1) is 7.11 Å². The third-order valence-corrected chi connectivity index (χ3v) is 8.80. The van der Waals surface area contributed by atoms with Gasteiger partial charge in [-0.25, -0.2) is 4.79 Å². The van der Waals surface area contributed by atoms with E-state index in [1.807, 2.05) is 30.3 Å². The first kappa shape index (κ1) is 31.6. The number of ether oxygens (including phenoxy) is 2. The summed E-state index contributed by atoms with van der Waals surface area (Å²) in [6.45, 7) is 3.90. The fourth-order valence-corrected chi connectivity index (χ4v) is 7.43. The van der Waals surface area contributed by atoms with E-state index >= 15 is 0 Å². The van der Waals surface area contributed by atoms with Crippen LogP contribution in [0, 0.1) is 0 Å². The second-order valence-electron chi connectivity index (χ2n) is 9.01. The monoisotopic (exact) mass is 568 g/mol. The predicted octanol–water partition coefficient (Wildman–Crippen LogP) is 1.92. The van der Waals surface area contributed by atoms with Gasteiger partial charge in [0.25, 0.3) is 0 Å².